The number of nitrogens with zero attached hydrogens (tertiary/aromatic N) is 5. The van der Waals surface area contributed by atoms with Crippen molar-refractivity contribution in [3.8, 4) is 11.1 Å². The highest BCUT2D eigenvalue weighted by atomic mass is 28.3. The molecule has 0 radical (unpaired) electrons. The number of nitrogen functional groups attached to an aromatic ring is 1. The summed E-state index contributed by atoms with van der Waals surface area (Å²) in [5.74, 6) is 1.06. The van der Waals surface area contributed by atoms with Gasteiger partial charge in [-0.25, -0.2) is 19.0 Å². The van der Waals surface area contributed by atoms with Crippen LogP contribution in [-0.4, -0.2) is 39.4 Å². The largest absolute Gasteiger partial charge is 0.383 e. The van der Waals surface area contributed by atoms with E-state index in [2.05, 4.69) is 45.0 Å². The van der Waals surface area contributed by atoms with Crippen molar-refractivity contribution < 1.29 is 9.13 Å². The highest BCUT2D eigenvalue weighted by Crippen LogP contribution is 2.38. The summed E-state index contributed by atoms with van der Waals surface area (Å²) < 4.78 is 21.2. The van der Waals surface area contributed by atoms with Gasteiger partial charge in [-0.2, -0.15) is 5.10 Å². The van der Waals surface area contributed by atoms with Crippen LogP contribution in [0.25, 0.3) is 11.1 Å². The van der Waals surface area contributed by atoms with E-state index >= 15 is 0 Å². The Morgan fingerprint density at radius 2 is 1.89 bits per heavy atom. The molecule has 0 aliphatic carbocycles. The molecule has 0 saturated carbocycles. The summed E-state index contributed by atoms with van der Waals surface area (Å²) in [6, 6.07) is 9.46. The SMILES string of the molecule is CC(c1ccc(F)cc1)c1c(-c2cnn(COCC[Si](C)(C)C)c2)cc(Nc2cnccn2)nc1N. The highest BCUT2D eigenvalue weighted by molar-refractivity contribution is 6.76. The van der Waals surface area contributed by atoms with Crippen LogP contribution in [0.1, 0.15) is 24.0 Å². The molecular formula is C26H32FN7OSi. The zero-order chi connectivity index (χ0) is 25.7. The number of anilines is 3. The van der Waals surface area contributed by atoms with Gasteiger partial charge in [0, 0.05) is 50.3 Å². The third-order valence-corrected chi connectivity index (χ3v) is 7.58. The molecule has 36 heavy (non-hydrogen) atoms. The minimum atomic E-state index is -1.16. The Labute approximate surface area is 211 Å². The van der Waals surface area contributed by atoms with Gasteiger partial charge in [-0.05, 0) is 35.4 Å². The molecule has 1 unspecified atom stereocenters. The maximum atomic E-state index is 13.6. The van der Waals surface area contributed by atoms with Crippen molar-refractivity contribution >= 4 is 25.5 Å². The number of halogens is 1. The fraction of sp³-hybridized carbons (Fsp3) is 0.308. The van der Waals surface area contributed by atoms with Crippen LogP contribution in [0.15, 0.2) is 61.3 Å². The molecule has 4 rings (SSSR count). The lowest BCUT2D eigenvalue weighted by molar-refractivity contribution is 0.0786. The number of benzene rings is 1. The number of aromatic nitrogens is 5. The van der Waals surface area contributed by atoms with Gasteiger partial charge >= 0.3 is 0 Å². The van der Waals surface area contributed by atoms with E-state index in [1.54, 1.807) is 41.6 Å². The van der Waals surface area contributed by atoms with Crippen molar-refractivity contribution in [2.45, 2.75) is 45.3 Å². The number of ether oxygens (including phenoxy) is 1. The summed E-state index contributed by atoms with van der Waals surface area (Å²) in [4.78, 5) is 12.9. The molecule has 0 spiro atoms. The number of nitrogens with one attached hydrogen (secondary N) is 1. The number of hydrogen-bond acceptors (Lipinski definition) is 7. The van der Waals surface area contributed by atoms with E-state index in [9.17, 15) is 4.39 Å². The van der Waals surface area contributed by atoms with Gasteiger partial charge in [-0.1, -0.05) is 38.7 Å². The van der Waals surface area contributed by atoms with E-state index in [-0.39, 0.29) is 11.7 Å². The standard InChI is InChI=1S/C26H32FN7OSi/c1-18(19-5-7-21(27)8-6-19)25-22(13-23(33-26(25)28)32-24-15-29-9-10-30-24)20-14-31-34(16-20)17-35-11-12-36(2,3)4/h5-10,13-16,18H,11-12,17H2,1-4H3,(H3,28,30,32,33). The lowest BCUT2D eigenvalue weighted by atomic mass is 9.88. The van der Waals surface area contributed by atoms with Crippen molar-refractivity contribution in [2.75, 3.05) is 17.7 Å². The summed E-state index contributed by atoms with van der Waals surface area (Å²) in [6.07, 6.45) is 8.55. The van der Waals surface area contributed by atoms with E-state index in [0.29, 0.717) is 30.8 Å². The number of nitrogens with two attached hydrogens (primary N) is 1. The smallest absolute Gasteiger partial charge is 0.150 e. The molecule has 4 aromatic rings. The van der Waals surface area contributed by atoms with E-state index in [4.69, 9.17) is 10.5 Å². The van der Waals surface area contributed by atoms with Crippen molar-refractivity contribution in [2.24, 2.45) is 0 Å². The van der Waals surface area contributed by atoms with E-state index in [1.165, 1.54) is 12.1 Å². The van der Waals surface area contributed by atoms with E-state index < -0.39 is 8.07 Å². The molecule has 8 nitrogen and oxygen atoms in total. The predicted octanol–water partition coefficient (Wildman–Crippen LogP) is 5.66. The van der Waals surface area contributed by atoms with Crippen LogP contribution in [0.4, 0.5) is 21.8 Å². The van der Waals surface area contributed by atoms with Crippen molar-refractivity contribution in [3.05, 3.63) is 78.3 Å². The van der Waals surface area contributed by atoms with Crippen LogP contribution in [-0.2, 0) is 11.5 Å². The molecule has 3 aromatic heterocycles. The molecule has 0 bridgehead atoms. The van der Waals surface area contributed by atoms with E-state index in [0.717, 1.165) is 28.3 Å². The molecule has 0 aliphatic rings. The van der Waals surface area contributed by atoms with Crippen LogP contribution >= 0.6 is 0 Å². The molecule has 1 aromatic carbocycles. The number of hydrogen-bond donors (Lipinski definition) is 2. The van der Waals surface area contributed by atoms with Crippen LogP contribution in [0.3, 0.4) is 0 Å². The van der Waals surface area contributed by atoms with Crippen molar-refractivity contribution in [1.29, 1.82) is 0 Å². The first-order valence-corrected chi connectivity index (χ1v) is 15.6. The topological polar surface area (TPSA) is 104 Å². The third kappa shape index (κ3) is 6.52. The van der Waals surface area contributed by atoms with Crippen LogP contribution in [0.2, 0.25) is 25.7 Å². The highest BCUT2D eigenvalue weighted by Gasteiger charge is 2.21. The van der Waals surface area contributed by atoms with E-state index in [1.807, 2.05) is 19.2 Å². The van der Waals surface area contributed by atoms with Crippen LogP contribution in [0, 0.1) is 5.82 Å². The molecule has 0 fully saturated rings. The molecule has 0 aliphatic heterocycles. The van der Waals surface area contributed by atoms with Gasteiger partial charge in [-0.15, -0.1) is 0 Å². The Bertz CT molecular complexity index is 1290. The molecule has 3 N–H and O–H groups in total. The monoisotopic (exact) mass is 505 g/mol. The second-order valence-corrected chi connectivity index (χ2v) is 15.6. The van der Waals surface area contributed by atoms with Crippen molar-refractivity contribution in [3.63, 3.8) is 0 Å². The van der Waals surface area contributed by atoms with Gasteiger partial charge in [-0.3, -0.25) is 4.98 Å². The number of pyridine rings is 1. The van der Waals surface area contributed by atoms with Gasteiger partial charge in [0.25, 0.3) is 0 Å². The average molecular weight is 506 g/mol. The molecule has 0 saturated heterocycles. The van der Waals surface area contributed by atoms with Gasteiger partial charge in [0.05, 0.1) is 12.4 Å². The summed E-state index contributed by atoms with van der Waals surface area (Å²) in [5, 5.41) is 7.67. The summed E-state index contributed by atoms with van der Waals surface area (Å²) in [6.45, 7) is 10.1. The Morgan fingerprint density at radius 1 is 1.11 bits per heavy atom. The molecule has 10 heteroatoms. The van der Waals surface area contributed by atoms with Gasteiger partial charge in [0.15, 0.2) is 0 Å². The average Bonchev–Trinajstić information content (AvgIpc) is 3.31. The summed E-state index contributed by atoms with van der Waals surface area (Å²) >= 11 is 0. The molecule has 188 valence electrons. The second-order valence-electron chi connectivity index (χ2n) is 9.96. The van der Waals surface area contributed by atoms with Gasteiger partial charge in [0.1, 0.15) is 30.0 Å². The van der Waals surface area contributed by atoms with Gasteiger partial charge < -0.3 is 15.8 Å². The lowest BCUT2D eigenvalue weighted by Gasteiger charge is -2.20. The fourth-order valence-corrected chi connectivity index (χ4v) is 4.61. The zero-order valence-corrected chi connectivity index (χ0v) is 22.1. The quantitative estimate of drug-likeness (QED) is 0.212. The Hall–Kier alpha value is -3.63. The predicted molar refractivity (Wildman–Crippen MR) is 143 cm³/mol. The minimum absolute atomic E-state index is 0.130. The second kappa shape index (κ2) is 11.0. The summed E-state index contributed by atoms with van der Waals surface area (Å²) in [7, 11) is -1.16. The normalized spacial score (nSPS) is 12.5. The first kappa shape index (κ1) is 25.5. The fourth-order valence-electron chi connectivity index (χ4n) is 3.86. The Balaban J connectivity index is 1.67. The third-order valence-electron chi connectivity index (χ3n) is 5.87. The zero-order valence-electron chi connectivity index (χ0n) is 21.1. The summed E-state index contributed by atoms with van der Waals surface area (Å²) in [5.41, 5.74) is 10.0. The van der Waals surface area contributed by atoms with Crippen LogP contribution < -0.4 is 11.1 Å². The Kier molecular flexibility index (Phi) is 7.75. The first-order chi connectivity index (χ1) is 17.2. The molecule has 0 amide bonds. The first-order valence-electron chi connectivity index (χ1n) is 11.9. The molecule has 1 atom stereocenters. The molecule has 3 heterocycles. The maximum Gasteiger partial charge on any atom is 0.150 e. The van der Waals surface area contributed by atoms with Gasteiger partial charge in [0.2, 0.25) is 0 Å². The Morgan fingerprint density at radius 3 is 2.58 bits per heavy atom. The van der Waals surface area contributed by atoms with Crippen LogP contribution in [0.5, 0.6) is 0 Å². The molecular weight excluding hydrogens is 473 g/mol. The number of rotatable bonds is 10. The lowest BCUT2D eigenvalue weighted by Crippen LogP contribution is -2.22. The van der Waals surface area contributed by atoms with Crippen molar-refractivity contribution in [1.82, 2.24) is 24.7 Å². The maximum absolute atomic E-state index is 13.6. The minimum Gasteiger partial charge on any atom is -0.383 e.